The van der Waals surface area contributed by atoms with Crippen LogP contribution in [0.3, 0.4) is 0 Å². The number of esters is 1. The molecule has 0 saturated carbocycles. The summed E-state index contributed by atoms with van der Waals surface area (Å²) in [5, 5.41) is 2.85. The Hall–Kier alpha value is -1.66. The molecule has 1 N–H and O–H groups in total. The zero-order valence-corrected chi connectivity index (χ0v) is 22.6. The minimum atomic E-state index is -0.625. The number of anilines is 1. The number of rotatable bonds is 11. The van der Waals surface area contributed by atoms with Gasteiger partial charge in [-0.25, -0.2) is 4.79 Å². The molecular weight excluding hydrogens is 463 g/mol. The summed E-state index contributed by atoms with van der Waals surface area (Å²) in [5.74, 6) is 0.667. The van der Waals surface area contributed by atoms with Crippen molar-refractivity contribution in [1.82, 2.24) is 5.32 Å². The van der Waals surface area contributed by atoms with Crippen LogP contribution in [0.15, 0.2) is 18.2 Å². The molecule has 0 aliphatic heterocycles. The molecule has 0 fully saturated rings. The fraction of sp³-hybridized carbons (Fsp3) is 0.680. The number of aryl methyl sites for hydroxylation is 2. The quantitative estimate of drug-likeness (QED) is 0.304. The second kappa shape index (κ2) is 13.3. The number of carbonyl (C=O) groups is 2. The van der Waals surface area contributed by atoms with Crippen LogP contribution in [0.1, 0.15) is 65.5 Å². The van der Waals surface area contributed by atoms with E-state index in [0.29, 0.717) is 37.7 Å². The van der Waals surface area contributed by atoms with Crippen LogP contribution in [0, 0.1) is 6.92 Å². The van der Waals surface area contributed by atoms with Gasteiger partial charge in [0.1, 0.15) is 11.2 Å². The second-order valence-electron chi connectivity index (χ2n) is 10.1. The van der Waals surface area contributed by atoms with Gasteiger partial charge in [0.25, 0.3) is 0 Å². The molecule has 0 bridgehead atoms. The lowest BCUT2D eigenvalue weighted by atomic mass is 9.98. The molecule has 1 aromatic rings. The Morgan fingerprint density at radius 2 is 1.58 bits per heavy atom. The fourth-order valence-corrected chi connectivity index (χ4v) is 3.72. The summed E-state index contributed by atoms with van der Waals surface area (Å²) in [4.78, 5) is 27.0. The van der Waals surface area contributed by atoms with Crippen LogP contribution < -0.4 is 10.2 Å². The third-order valence-corrected chi connectivity index (χ3v) is 5.06. The van der Waals surface area contributed by atoms with Gasteiger partial charge in [-0.2, -0.15) is 0 Å². The van der Waals surface area contributed by atoms with Crippen LogP contribution in [-0.4, -0.2) is 54.2 Å². The molecule has 0 aliphatic carbocycles. The lowest BCUT2D eigenvalue weighted by molar-refractivity contribution is -0.155. The molecule has 188 valence electrons. The zero-order valence-electron chi connectivity index (χ0n) is 21.1. The standard InChI is InChI=1S/C25H40Cl2N2O4/c1-18-8-11-21(29(14-12-26)15-13-27)16-19(18)9-10-20(17-22(30)32-24(2,3)4)28-23(31)33-25(5,6)7/h8,11,16,20H,9-10,12-15,17H2,1-7H3,(H,28,31)/t20-/m0/s1. The number of hydrogen-bond donors (Lipinski definition) is 1. The summed E-state index contributed by atoms with van der Waals surface area (Å²) in [7, 11) is 0. The largest absolute Gasteiger partial charge is 0.460 e. The Morgan fingerprint density at radius 1 is 1.00 bits per heavy atom. The topological polar surface area (TPSA) is 67.9 Å². The molecule has 0 aliphatic rings. The third-order valence-electron chi connectivity index (χ3n) is 4.72. The van der Waals surface area contributed by atoms with E-state index >= 15 is 0 Å². The number of nitrogens with one attached hydrogen (secondary N) is 1. The Bertz CT molecular complexity index is 737. The van der Waals surface area contributed by atoms with Gasteiger partial charge in [-0.15, -0.1) is 23.2 Å². The van der Waals surface area contributed by atoms with Crippen molar-refractivity contribution in [3.63, 3.8) is 0 Å². The highest BCUT2D eigenvalue weighted by Crippen LogP contribution is 2.22. The van der Waals surface area contributed by atoms with Crippen molar-refractivity contribution in [2.45, 2.75) is 85.0 Å². The van der Waals surface area contributed by atoms with Crippen molar-refractivity contribution in [3.8, 4) is 0 Å². The smallest absolute Gasteiger partial charge is 0.407 e. The monoisotopic (exact) mass is 502 g/mol. The maximum atomic E-state index is 12.5. The van der Waals surface area contributed by atoms with Crippen LogP contribution in [0.2, 0.25) is 0 Å². The van der Waals surface area contributed by atoms with E-state index in [-0.39, 0.29) is 12.4 Å². The number of alkyl halides is 2. The van der Waals surface area contributed by atoms with E-state index in [2.05, 4.69) is 35.3 Å². The lowest BCUT2D eigenvalue weighted by Gasteiger charge is -2.26. The van der Waals surface area contributed by atoms with Crippen LogP contribution in [-0.2, 0) is 20.7 Å². The highest BCUT2D eigenvalue weighted by Gasteiger charge is 2.24. The molecule has 1 amide bonds. The number of carbonyl (C=O) groups excluding carboxylic acids is 2. The average molecular weight is 504 g/mol. The number of nitrogens with zero attached hydrogens (tertiary/aromatic N) is 1. The van der Waals surface area contributed by atoms with Gasteiger partial charge in [-0.3, -0.25) is 4.79 Å². The fourth-order valence-electron chi connectivity index (χ4n) is 3.31. The van der Waals surface area contributed by atoms with Gasteiger partial charge in [0.2, 0.25) is 0 Å². The average Bonchev–Trinajstić information content (AvgIpc) is 2.64. The lowest BCUT2D eigenvalue weighted by Crippen LogP contribution is -2.41. The summed E-state index contributed by atoms with van der Waals surface area (Å²) in [5.41, 5.74) is 2.12. The molecule has 0 aromatic heterocycles. The molecule has 1 atom stereocenters. The highest BCUT2D eigenvalue weighted by molar-refractivity contribution is 6.18. The van der Waals surface area contributed by atoms with E-state index in [9.17, 15) is 9.59 Å². The van der Waals surface area contributed by atoms with Crippen LogP contribution in [0.5, 0.6) is 0 Å². The predicted octanol–water partition coefficient (Wildman–Crippen LogP) is 5.84. The molecule has 6 nitrogen and oxygen atoms in total. The van der Waals surface area contributed by atoms with E-state index in [4.69, 9.17) is 32.7 Å². The van der Waals surface area contributed by atoms with Gasteiger partial charge in [0, 0.05) is 36.6 Å². The van der Waals surface area contributed by atoms with Crippen molar-refractivity contribution < 1.29 is 19.1 Å². The third kappa shape index (κ3) is 12.4. The van der Waals surface area contributed by atoms with Crippen LogP contribution in [0.4, 0.5) is 10.5 Å². The molecule has 0 unspecified atom stereocenters. The Morgan fingerprint density at radius 3 is 2.09 bits per heavy atom. The van der Waals surface area contributed by atoms with E-state index in [1.807, 2.05) is 20.8 Å². The molecule has 0 heterocycles. The van der Waals surface area contributed by atoms with Crippen molar-refractivity contribution in [1.29, 1.82) is 0 Å². The molecule has 0 saturated heterocycles. The van der Waals surface area contributed by atoms with Crippen molar-refractivity contribution in [2.75, 3.05) is 29.7 Å². The van der Waals surface area contributed by atoms with Crippen molar-refractivity contribution in [2.24, 2.45) is 0 Å². The van der Waals surface area contributed by atoms with E-state index in [0.717, 1.165) is 16.8 Å². The van der Waals surface area contributed by atoms with Gasteiger partial charge >= 0.3 is 12.1 Å². The summed E-state index contributed by atoms with van der Waals surface area (Å²) in [6, 6.07) is 5.85. The van der Waals surface area contributed by atoms with Gasteiger partial charge in [0.15, 0.2) is 0 Å². The minimum absolute atomic E-state index is 0.0693. The number of hydrogen-bond acceptors (Lipinski definition) is 5. The van der Waals surface area contributed by atoms with Crippen LogP contribution in [0.25, 0.3) is 0 Å². The minimum Gasteiger partial charge on any atom is -0.460 e. The predicted molar refractivity (Wildman–Crippen MR) is 137 cm³/mol. The number of ether oxygens (including phenoxy) is 2. The summed E-state index contributed by atoms with van der Waals surface area (Å²) >= 11 is 11.9. The second-order valence-corrected chi connectivity index (χ2v) is 10.9. The first-order chi connectivity index (χ1) is 15.2. The summed E-state index contributed by atoms with van der Waals surface area (Å²) < 4.78 is 10.9. The number of benzene rings is 1. The number of amides is 1. The zero-order chi connectivity index (χ0) is 25.2. The normalized spacial score (nSPS) is 12.8. The Kier molecular flexibility index (Phi) is 11.8. The van der Waals surface area contributed by atoms with Crippen molar-refractivity contribution >= 4 is 41.0 Å². The SMILES string of the molecule is Cc1ccc(N(CCCl)CCCl)cc1CC[C@@H](CC(=O)OC(C)(C)C)NC(=O)OC(C)(C)C. The van der Waals surface area contributed by atoms with E-state index in [1.165, 1.54) is 0 Å². The molecule has 0 radical (unpaired) electrons. The highest BCUT2D eigenvalue weighted by atomic mass is 35.5. The Labute approximate surface area is 209 Å². The van der Waals surface area contributed by atoms with E-state index in [1.54, 1.807) is 20.8 Å². The summed E-state index contributed by atoms with van der Waals surface area (Å²) in [6.07, 6.45) is 0.767. The van der Waals surface area contributed by atoms with Crippen LogP contribution >= 0.6 is 23.2 Å². The summed E-state index contributed by atoms with van der Waals surface area (Å²) in [6.45, 7) is 14.3. The first-order valence-electron chi connectivity index (χ1n) is 11.4. The maximum Gasteiger partial charge on any atom is 0.407 e. The molecule has 0 spiro atoms. The molecule has 33 heavy (non-hydrogen) atoms. The molecular formula is C25H40Cl2N2O4. The molecule has 8 heteroatoms. The molecule has 1 aromatic carbocycles. The first-order valence-corrected chi connectivity index (χ1v) is 12.5. The molecule has 1 rings (SSSR count). The van der Waals surface area contributed by atoms with Crippen molar-refractivity contribution in [3.05, 3.63) is 29.3 Å². The first kappa shape index (κ1) is 29.4. The van der Waals surface area contributed by atoms with Gasteiger partial charge in [-0.1, -0.05) is 6.07 Å². The Balaban J connectivity index is 2.98. The maximum absolute atomic E-state index is 12.5. The van der Waals surface area contributed by atoms with E-state index < -0.39 is 23.3 Å². The number of halogens is 2. The number of alkyl carbamates (subject to hydrolysis) is 1. The van der Waals surface area contributed by atoms with Gasteiger partial charge in [0.05, 0.1) is 6.42 Å². The van der Waals surface area contributed by atoms with Gasteiger partial charge in [-0.05, 0) is 84.6 Å². The van der Waals surface area contributed by atoms with Gasteiger partial charge < -0.3 is 19.7 Å².